The highest BCUT2D eigenvalue weighted by molar-refractivity contribution is 5.94. The zero-order valence-electron chi connectivity index (χ0n) is 18.9. The van der Waals surface area contributed by atoms with Gasteiger partial charge in [-0.15, -0.1) is 0 Å². The zero-order valence-corrected chi connectivity index (χ0v) is 18.9. The predicted octanol–water partition coefficient (Wildman–Crippen LogP) is 3.36. The molecule has 0 aliphatic carbocycles. The van der Waals surface area contributed by atoms with E-state index in [4.69, 9.17) is 0 Å². The van der Waals surface area contributed by atoms with Gasteiger partial charge in [-0.2, -0.15) is 0 Å². The standard InChI is InChI=1S/C16H21FN2O.C9H18N2/c17-14-7-5-13(6-8-14)16(20)19-11-3-4-15(19)12-18-9-1-2-10-18;1-2-7-11(6-1)8-9-4-3-5-10-9/h5-8,15H,1-4,9-12H2;9-10H,1-8H2/t15-;9-/m00/s1. The Morgan fingerprint density at radius 2 is 1.48 bits per heavy atom. The van der Waals surface area contributed by atoms with Crippen LogP contribution in [0.5, 0.6) is 0 Å². The lowest BCUT2D eigenvalue weighted by atomic mass is 10.1. The van der Waals surface area contributed by atoms with Crippen molar-refractivity contribution in [3.63, 3.8) is 0 Å². The number of amides is 1. The Balaban J connectivity index is 0.000000177. The van der Waals surface area contributed by atoms with E-state index in [-0.39, 0.29) is 11.7 Å². The van der Waals surface area contributed by atoms with Crippen molar-refractivity contribution in [1.82, 2.24) is 20.0 Å². The van der Waals surface area contributed by atoms with Gasteiger partial charge < -0.3 is 20.0 Å². The van der Waals surface area contributed by atoms with Crippen molar-refractivity contribution in [2.75, 3.05) is 52.4 Å². The van der Waals surface area contributed by atoms with Gasteiger partial charge in [0.05, 0.1) is 0 Å². The third-order valence-corrected chi connectivity index (χ3v) is 7.24. The van der Waals surface area contributed by atoms with Gasteiger partial charge in [-0.25, -0.2) is 4.39 Å². The second-order valence-electron chi connectivity index (χ2n) is 9.61. The number of carbonyl (C=O) groups is 1. The summed E-state index contributed by atoms with van der Waals surface area (Å²) in [6.45, 7) is 9.39. The van der Waals surface area contributed by atoms with E-state index in [1.165, 1.54) is 76.8 Å². The Morgan fingerprint density at radius 1 is 0.839 bits per heavy atom. The van der Waals surface area contributed by atoms with E-state index >= 15 is 0 Å². The number of hydrogen-bond acceptors (Lipinski definition) is 4. The molecule has 5 rings (SSSR count). The molecule has 0 spiro atoms. The van der Waals surface area contributed by atoms with E-state index in [1.54, 1.807) is 12.1 Å². The third kappa shape index (κ3) is 6.50. The summed E-state index contributed by atoms with van der Waals surface area (Å²) in [5, 5.41) is 3.54. The van der Waals surface area contributed by atoms with Gasteiger partial charge in [0, 0.05) is 37.3 Å². The van der Waals surface area contributed by atoms with Crippen molar-refractivity contribution in [2.24, 2.45) is 0 Å². The Bertz CT molecular complexity index is 665. The van der Waals surface area contributed by atoms with Crippen molar-refractivity contribution in [2.45, 2.75) is 63.5 Å². The van der Waals surface area contributed by atoms with Gasteiger partial charge in [0.25, 0.3) is 5.91 Å². The Morgan fingerprint density at radius 3 is 2.10 bits per heavy atom. The highest BCUT2D eigenvalue weighted by Crippen LogP contribution is 2.22. The lowest BCUT2D eigenvalue weighted by Gasteiger charge is -2.28. The molecule has 172 valence electrons. The molecule has 1 aromatic carbocycles. The molecule has 5 nitrogen and oxygen atoms in total. The maximum absolute atomic E-state index is 12.9. The molecule has 0 aromatic heterocycles. The fourth-order valence-electron chi connectivity index (χ4n) is 5.50. The normalized spacial score (nSPS) is 26.9. The molecule has 0 radical (unpaired) electrons. The first-order valence-corrected chi connectivity index (χ1v) is 12.4. The number of nitrogens with one attached hydrogen (secondary N) is 1. The van der Waals surface area contributed by atoms with Crippen LogP contribution in [-0.4, -0.2) is 85.0 Å². The summed E-state index contributed by atoms with van der Waals surface area (Å²) in [5.74, 6) is -0.247. The molecule has 4 fully saturated rings. The predicted molar refractivity (Wildman–Crippen MR) is 123 cm³/mol. The first kappa shape index (κ1) is 22.7. The lowest BCUT2D eigenvalue weighted by Crippen LogP contribution is -2.42. The molecule has 4 aliphatic rings. The molecule has 4 heterocycles. The minimum absolute atomic E-state index is 0.0479. The smallest absolute Gasteiger partial charge is 0.254 e. The van der Waals surface area contributed by atoms with Crippen LogP contribution in [0.2, 0.25) is 0 Å². The van der Waals surface area contributed by atoms with Crippen LogP contribution in [0, 0.1) is 5.82 Å². The second-order valence-corrected chi connectivity index (χ2v) is 9.61. The summed E-state index contributed by atoms with van der Waals surface area (Å²) < 4.78 is 12.9. The van der Waals surface area contributed by atoms with Gasteiger partial charge in [0.2, 0.25) is 0 Å². The fourth-order valence-corrected chi connectivity index (χ4v) is 5.50. The topological polar surface area (TPSA) is 38.8 Å². The van der Waals surface area contributed by atoms with Crippen LogP contribution >= 0.6 is 0 Å². The molecule has 1 aromatic rings. The van der Waals surface area contributed by atoms with E-state index in [2.05, 4.69) is 15.1 Å². The van der Waals surface area contributed by atoms with Crippen LogP contribution in [0.3, 0.4) is 0 Å². The van der Waals surface area contributed by atoms with Crippen LogP contribution in [-0.2, 0) is 0 Å². The first-order chi connectivity index (χ1) is 15.2. The highest BCUT2D eigenvalue weighted by Gasteiger charge is 2.31. The van der Waals surface area contributed by atoms with Crippen molar-refractivity contribution < 1.29 is 9.18 Å². The van der Waals surface area contributed by atoms with Gasteiger partial charge in [0.1, 0.15) is 5.82 Å². The van der Waals surface area contributed by atoms with Crippen LogP contribution in [0.15, 0.2) is 24.3 Å². The number of benzene rings is 1. The Kier molecular flexibility index (Phi) is 8.34. The first-order valence-electron chi connectivity index (χ1n) is 12.4. The molecule has 1 amide bonds. The zero-order chi connectivity index (χ0) is 21.5. The Hall–Kier alpha value is -1.50. The maximum atomic E-state index is 12.9. The van der Waals surface area contributed by atoms with E-state index in [0.717, 1.165) is 45.1 Å². The molecule has 6 heteroatoms. The summed E-state index contributed by atoms with van der Waals surface area (Å²) in [4.78, 5) is 19.6. The van der Waals surface area contributed by atoms with Crippen LogP contribution in [0.25, 0.3) is 0 Å². The van der Waals surface area contributed by atoms with E-state index in [9.17, 15) is 9.18 Å². The number of rotatable bonds is 5. The van der Waals surface area contributed by atoms with Crippen molar-refractivity contribution in [1.29, 1.82) is 0 Å². The number of likely N-dealkylation sites (tertiary alicyclic amines) is 3. The monoisotopic (exact) mass is 430 g/mol. The summed E-state index contributed by atoms with van der Waals surface area (Å²) in [6, 6.07) is 7.03. The summed E-state index contributed by atoms with van der Waals surface area (Å²) in [7, 11) is 0. The number of hydrogen-bond donors (Lipinski definition) is 1. The summed E-state index contributed by atoms with van der Waals surface area (Å²) >= 11 is 0. The molecule has 4 saturated heterocycles. The number of nitrogens with zero attached hydrogens (tertiary/aromatic N) is 3. The molecule has 31 heavy (non-hydrogen) atoms. The average Bonchev–Trinajstić information content (AvgIpc) is 3.58. The van der Waals surface area contributed by atoms with Gasteiger partial charge in [-0.3, -0.25) is 4.79 Å². The lowest BCUT2D eigenvalue weighted by molar-refractivity contribution is 0.0708. The van der Waals surface area contributed by atoms with Crippen molar-refractivity contribution in [3.8, 4) is 0 Å². The van der Waals surface area contributed by atoms with E-state index in [0.29, 0.717) is 11.6 Å². The summed E-state index contributed by atoms with van der Waals surface area (Å²) in [5.41, 5.74) is 0.597. The largest absolute Gasteiger partial charge is 0.334 e. The van der Waals surface area contributed by atoms with Gasteiger partial charge in [-0.05, 0) is 108 Å². The highest BCUT2D eigenvalue weighted by atomic mass is 19.1. The fraction of sp³-hybridized carbons (Fsp3) is 0.720. The van der Waals surface area contributed by atoms with Crippen LogP contribution in [0.4, 0.5) is 4.39 Å². The number of halogens is 1. The molecule has 2 atom stereocenters. The molecular weight excluding hydrogens is 391 g/mol. The second kappa shape index (κ2) is 11.4. The van der Waals surface area contributed by atoms with Gasteiger partial charge >= 0.3 is 0 Å². The van der Waals surface area contributed by atoms with Crippen molar-refractivity contribution >= 4 is 5.91 Å². The molecule has 4 aliphatic heterocycles. The molecule has 0 bridgehead atoms. The molecular formula is C25H39FN4O. The minimum atomic E-state index is -0.295. The van der Waals surface area contributed by atoms with Crippen molar-refractivity contribution in [3.05, 3.63) is 35.6 Å². The average molecular weight is 431 g/mol. The van der Waals surface area contributed by atoms with Gasteiger partial charge in [0.15, 0.2) is 0 Å². The molecule has 0 unspecified atom stereocenters. The van der Waals surface area contributed by atoms with E-state index < -0.39 is 0 Å². The quantitative estimate of drug-likeness (QED) is 0.778. The molecule has 0 saturated carbocycles. The number of carbonyl (C=O) groups excluding carboxylic acids is 1. The van der Waals surface area contributed by atoms with E-state index in [1.807, 2.05) is 4.90 Å². The van der Waals surface area contributed by atoms with Gasteiger partial charge in [-0.1, -0.05) is 0 Å². The third-order valence-electron chi connectivity index (χ3n) is 7.24. The SMILES string of the molecule is C1CN[C@H](CN2CCCC2)C1.O=C(c1ccc(F)cc1)N1CCC[C@H]1CN1CCCC1. The Labute approximate surface area is 187 Å². The van der Waals surface area contributed by atoms with Crippen LogP contribution < -0.4 is 5.32 Å². The minimum Gasteiger partial charge on any atom is -0.334 e. The maximum Gasteiger partial charge on any atom is 0.254 e. The summed E-state index contributed by atoms with van der Waals surface area (Å²) in [6.07, 6.45) is 10.3. The molecule has 1 N–H and O–H groups in total. The van der Waals surface area contributed by atoms with Crippen LogP contribution in [0.1, 0.15) is 61.7 Å².